The Balaban J connectivity index is 1.67. The van der Waals surface area contributed by atoms with E-state index in [9.17, 15) is 9.59 Å². The first-order valence-corrected chi connectivity index (χ1v) is 8.01. The van der Waals surface area contributed by atoms with Crippen LogP contribution in [0.4, 0.5) is 5.82 Å². The number of hydrogen-bond acceptors (Lipinski definition) is 5. The average molecular weight is 317 g/mol. The van der Waals surface area contributed by atoms with Crippen LogP contribution in [0.1, 0.15) is 23.7 Å². The SMILES string of the molecule is C[C@]1(C(=O)N2CCN(c3ncccc3C(N)=O)CC2)CCNC1. The van der Waals surface area contributed by atoms with Crippen molar-refractivity contribution in [2.75, 3.05) is 44.2 Å². The van der Waals surface area contributed by atoms with Gasteiger partial charge >= 0.3 is 0 Å². The van der Waals surface area contributed by atoms with Gasteiger partial charge in [0.2, 0.25) is 5.91 Å². The van der Waals surface area contributed by atoms with E-state index in [2.05, 4.69) is 10.3 Å². The first kappa shape index (κ1) is 15.7. The van der Waals surface area contributed by atoms with Gasteiger partial charge in [0.1, 0.15) is 5.82 Å². The Kier molecular flexibility index (Phi) is 4.21. The van der Waals surface area contributed by atoms with Gasteiger partial charge < -0.3 is 20.9 Å². The minimum Gasteiger partial charge on any atom is -0.365 e. The zero-order valence-electron chi connectivity index (χ0n) is 13.4. The predicted molar refractivity (Wildman–Crippen MR) is 87.1 cm³/mol. The number of nitrogens with two attached hydrogens (primary N) is 1. The van der Waals surface area contributed by atoms with Crippen LogP contribution in [0.2, 0.25) is 0 Å². The standard InChI is InChI=1S/C16H23N5O2/c1-16(4-6-18-11-16)15(23)21-9-7-20(8-10-21)14-12(13(17)22)3-2-5-19-14/h2-3,5,18H,4,6-11H2,1H3,(H2,17,22)/t16-/m0/s1. The van der Waals surface area contributed by atoms with Gasteiger partial charge in [0.25, 0.3) is 5.91 Å². The number of nitrogens with zero attached hydrogens (tertiary/aromatic N) is 3. The highest BCUT2D eigenvalue weighted by molar-refractivity contribution is 5.97. The highest BCUT2D eigenvalue weighted by Crippen LogP contribution is 2.28. The quantitative estimate of drug-likeness (QED) is 0.807. The zero-order chi connectivity index (χ0) is 16.4. The Morgan fingerprint density at radius 1 is 1.30 bits per heavy atom. The summed E-state index contributed by atoms with van der Waals surface area (Å²) in [6.45, 7) is 6.29. The highest BCUT2D eigenvalue weighted by Gasteiger charge is 2.40. The second kappa shape index (κ2) is 6.16. The lowest BCUT2D eigenvalue weighted by atomic mass is 9.88. The number of amides is 2. The highest BCUT2D eigenvalue weighted by atomic mass is 16.2. The number of piperazine rings is 1. The van der Waals surface area contributed by atoms with E-state index in [0.717, 1.165) is 19.5 Å². The Morgan fingerprint density at radius 2 is 2.04 bits per heavy atom. The number of hydrogen-bond donors (Lipinski definition) is 2. The molecule has 7 heteroatoms. The summed E-state index contributed by atoms with van der Waals surface area (Å²) < 4.78 is 0. The first-order valence-electron chi connectivity index (χ1n) is 8.01. The average Bonchev–Trinajstić information content (AvgIpc) is 3.02. The van der Waals surface area contributed by atoms with E-state index in [0.29, 0.717) is 37.6 Å². The molecule has 0 radical (unpaired) electrons. The molecule has 2 saturated heterocycles. The molecule has 7 nitrogen and oxygen atoms in total. The van der Waals surface area contributed by atoms with Gasteiger partial charge in [-0.1, -0.05) is 0 Å². The van der Waals surface area contributed by atoms with Crippen molar-refractivity contribution in [3.8, 4) is 0 Å². The molecule has 0 spiro atoms. The number of anilines is 1. The smallest absolute Gasteiger partial charge is 0.252 e. The third kappa shape index (κ3) is 3.01. The van der Waals surface area contributed by atoms with Crippen LogP contribution in [0.15, 0.2) is 18.3 Å². The summed E-state index contributed by atoms with van der Waals surface area (Å²) >= 11 is 0. The summed E-state index contributed by atoms with van der Waals surface area (Å²) in [6, 6.07) is 3.39. The van der Waals surface area contributed by atoms with Crippen molar-refractivity contribution in [3.63, 3.8) is 0 Å². The monoisotopic (exact) mass is 317 g/mol. The lowest BCUT2D eigenvalue weighted by molar-refractivity contribution is -0.140. The molecule has 1 aromatic rings. The zero-order valence-corrected chi connectivity index (χ0v) is 13.4. The van der Waals surface area contributed by atoms with Crippen LogP contribution in [0, 0.1) is 5.41 Å². The Labute approximate surface area is 135 Å². The number of rotatable bonds is 3. The van der Waals surface area contributed by atoms with Gasteiger partial charge in [0, 0.05) is 38.9 Å². The minimum absolute atomic E-state index is 0.221. The van der Waals surface area contributed by atoms with Crippen molar-refractivity contribution in [1.82, 2.24) is 15.2 Å². The molecule has 0 saturated carbocycles. The molecule has 1 atom stereocenters. The molecule has 3 N–H and O–H groups in total. The van der Waals surface area contributed by atoms with E-state index >= 15 is 0 Å². The largest absolute Gasteiger partial charge is 0.365 e. The van der Waals surface area contributed by atoms with Gasteiger partial charge in [0.05, 0.1) is 11.0 Å². The van der Waals surface area contributed by atoms with E-state index in [1.54, 1.807) is 18.3 Å². The lowest BCUT2D eigenvalue weighted by Gasteiger charge is -2.39. The van der Waals surface area contributed by atoms with Gasteiger partial charge in [0.15, 0.2) is 0 Å². The maximum absolute atomic E-state index is 12.7. The van der Waals surface area contributed by atoms with Crippen molar-refractivity contribution in [1.29, 1.82) is 0 Å². The van der Waals surface area contributed by atoms with Gasteiger partial charge in [-0.2, -0.15) is 0 Å². The molecule has 0 unspecified atom stereocenters. The third-order valence-corrected chi connectivity index (χ3v) is 4.80. The molecule has 2 aliphatic rings. The molecule has 0 bridgehead atoms. The molecule has 0 aliphatic carbocycles. The topological polar surface area (TPSA) is 91.6 Å². The number of nitrogens with one attached hydrogen (secondary N) is 1. The molecule has 124 valence electrons. The maximum Gasteiger partial charge on any atom is 0.252 e. The molecule has 23 heavy (non-hydrogen) atoms. The fourth-order valence-corrected chi connectivity index (χ4v) is 3.34. The molecule has 1 aromatic heterocycles. The second-order valence-electron chi connectivity index (χ2n) is 6.51. The van der Waals surface area contributed by atoms with Gasteiger partial charge in [-0.15, -0.1) is 0 Å². The van der Waals surface area contributed by atoms with E-state index in [1.165, 1.54) is 0 Å². The number of aromatic nitrogens is 1. The lowest BCUT2D eigenvalue weighted by Crippen LogP contribution is -2.53. The first-order chi connectivity index (χ1) is 11.0. The maximum atomic E-state index is 12.7. The predicted octanol–water partition coefficient (Wildman–Crippen LogP) is -0.171. The number of carbonyl (C=O) groups excluding carboxylic acids is 2. The van der Waals surface area contributed by atoms with Crippen molar-refractivity contribution in [2.24, 2.45) is 11.1 Å². The number of primary amides is 1. The Bertz CT molecular complexity index is 604. The van der Waals surface area contributed by atoms with Crippen molar-refractivity contribution in [3.05, 3.63) is 23.9 Å². The molecule has 2 fully saturated rings. The van der Waals surface area contributed by atoms with Crippen LogP contribution in [-0.4, -0.2) is 61.0 Å². The van der Waals surface area contributed by atoms with Gasteiger partial charge in [-0.05, 0) is 32.0 Å². The van der Waals surface area contributed by atoms with Crippen LogP contribution < -0.4 is 16.0 Å². The van der Waals surface area contributed by atoms with E-state index in [4.69, 9.17) is 5.73 Å². The summed E-state index contributed by atoms with van der Waals surface area (Å²) in [4.78, 5) is 32.5. The second-order valence-corrected chi connectivity index (χ2v) is 6.51. The molecule has 3 heterocycles. The molecule has 3 rings (SSSR count). The van der Waals surface area contributed by atoms with Crippen LogP contribution >= 0.6 is 0 Å². The Hall–Kier alpha value is -2.15. The number of carbonyl (C=O) groups is 2. The van der Waals surface area contributed by atoms with Gasteiger partial charge in [-0.3, -0.25) is 9.59 Å². The summed E-state index contributed by atoms with van der Waals surface area (Å²) in [6.07, 6.45) is 2.54. The molecular weight excluding hydrogens is 294 g/mol. The fraction of sp³-hybridized carbons (Fsp3) is 0.562. The summed E-state index contributed by atoms with van der Waals surface area (Å²) in [5.41, 5.74) is 5.56. The van der Waals surface area contributed by atoms with Crippen LogP contribution in [0.3, 0.4) is 0 Å². The third-order valence-electron chi connectivity index (χ3n) is 4.80. The van der Waals surface area contributed by atoms with Crippen LogP contribution in [0.25, 0.3) is 0 Å². The summed E-state index contributed by atoms with van der Waals surface area (Å²) in [5.74, 6) is 0.357. The van der Waals surface area contributed by atoms with Crippen molar-refractivity contribution < 1.29 is 9.59 Å². The van der Waals surface area contributed by atoms with E-state index in [1.807, 2.05) is 16.7 Å². The fourth-order valence-electron chi connectivity index (χ4n) is 3.34. The molecule has 2 aliphatic heterocycles. The molecule has 0 aromatic carbocycles. The summed E-state index contributed by atoms with van der Waals surface area (Å²) in [5, 5.41) is 3.27. The van der Waals surface area contributed by atoms with Crippen molar-refractivity contribution >= 4 is 17.6 Å². The Morgan fingerprint density at radius 3 is 2.65 bits per heavy atom. The van der Waals surface area contributed by atoms with Crippen molar-refractivity contribution in [2.45, 2.75) is 13.3 Å². The normalized spacial score (nSPS) is 24.7. The van der Waals surface area contributed by atoms with Crippen LogP contribution in [-0.2, 0) is 4.79 Å². The summed E-state index contributed by atoms with van der Waals surface area (Å²) in [7, 11) is 0. The van der Waals surface area contributed by atoms with Gasteiger partial charge in [-0.25, -0.2) is 4.98 Å². The van der Waals surface area contributed by atoms with Crippen LogP contribution in [0.5, 0.6) is 0 Å². The van der Waals surface area contributed by atoms with E-state index in [-0.39, 0.29) is 11.3 Å². The molecule has 2 amide bonds. The minimum atomic E-state index is -0.476. The molecular formula is C16H23N5O2. The number of pyridine rings is 1. The van der Waals surface area contributed by atoms with E-state index < -0.39 is 5.91 Å².